The second kappa shape index (κ2) is 4.16. The van der Waals surface area contributed by atoms with Gasteiger partial charge in [0.25, 0.3) is 0 Å². The van der Waals surface area contributed by atoms with E-state index in [9.17, 15) is 13.2 Å². The van der Waals surface area contributed by atoms with Crippen LogP contribution in [0.2, 0.25) is 0 Å². The molecule has 6 heteroatoms. The number of amides is 1. The molecular weight excluding hydrogens is 334 g/mol. The van der Waals surface area contributed by atoms with Crippen LogP contribution in [0.15, 0.2) is 48.5 Å². The molecule has 0 spiro atoms. The highest BCUT2D eigenvalue weighted by molar-refractivity contribution is 8.12. The third kappa shape index (κ3) is 1.52. The van der Waals surface area contributed by atoms with Gasteiger partial charge < -0.3 is 0 Å². The van der Waals surface area contributed by atoms with Gasteiger partial charge in [-0.25, -0.2) is 4.31 Å². The van der Waals surface area contributed by atoms with E-state index in [4.69, 9.17) is 10.7 Å². The molecule has 5 rings (SSSR count). The Bertz CT molecular complexity index is 971. The highest BCUT2D eigenvalue weighted by Crippen LogP contribution is 2.66. The van der Waals surface area contributed by atoms with Crippen LogP contribution in [0.5, 0.6) is 0 Å². The Morgan fingerprint density at radius 1 is 0.826 bits per heavy atom. The van der Waals surface area contributed by atoms with Gasteiger partial charge in [0.15, 0.2) is 0 Å². The van der Waals surface area contributed by atoms with Crippen LogP contribution in [0.4, 0.5) is 0 Å². The molecule has 4 atom stereocenters. The van der Waals surface area contributed by atoms with E-state index in [2.05, 4.69) is 0 Å². The predicted octanol–water partition coefficient (Wildman–Crippen LogP) is 2.91. The van der Waals surface area contributed by atoms with Crippen molar-refractivity contribution in [3.8, 4) is 0 Å². The molecule has 2 aliphatic carbocycles. The molecule has 1 fully saturated rings. The van der Waals surface area contributed by atoms with E-state index in [0.29, 0.717) is 0 Å². The fourth-order valence-electron chi connectivity index (χ4n) is 4.77. The number of hydrogen-bond acceptors (Lipinski definition) is 3. The standard InChI is InChI=1S/C17H12ClNO3S/c18-23(21,22)19-16-12-8-4-3-7-11(12)13-9-5-1-2-6-10(9)14(16)15(13)17(19)20/h1-8,13-16H/t13-,14-,15+,16+/m1/s1. The minimum Gasteiger partial charge on any atom is -0.273 e. The molecule has 1 aliphatic heterocycles. The quantitative estimate of drug-likeness (QED) is 0.747. The molecule has 2 aromatic carbocycles. The molecule has 1 heterocycles. The second-order valence-electron chi connectivity index (χ2n) is 6.31. The van der Waals surface area contributed by atoms with Crippen molar-refractivity contribution in [3.05, 3.63) is 70.8 Å². The van der Waals surface area contributed by atoms with E-state index in [1.54, 1.807) is 0 Å². The Balaban J connectivity index is 1.88. The molecule has 4 nitrogen and oxygen atoms in total. The summed E-state index contributed by atoms with van der Waals surface area (Å²) >= 11 is 0. The average Bonchev–Trinajstić information content (AvgIpc) is 2.93. The first-order valence-corrected chi connectivity index (χ1v) is 9.72. The van der Waals surface area contributed by atoms with Crippen LogP contribution in [-0.2, 0) is 14.0 Å². The predicted molar refractivity (Wildman–Crippen MR) is 85.3 cm³/mol. The lowest BCUT2D eigenvalue weighted by Gasteiger charge is -2.30. The lowest BCUT2D eigenvalue weighted by molar-refractivity contribution is -0.127. The first-order valence-electron chi connectivity index (χ1n) is 7.45. The molecule has 1 saturated heterocycles. The van der Waals surface area contributed by atoms with Gasteiger partial charge in [-0.1, -0.05) is 48.5 Å². The summed E-state index contributed by atoms with van der Waals surface area (Å²) in [6.07, 6.45) is 0. The Kier molecular flexibility index (Phi) is 2.46. The van der Waals surface area contributed by atoms with E-state index in [0.717, 1.165) is 26.6 Å². The molecule has 0 unspecified atom stereocenters. The summed E-state index contributed by atoms with van der Waals surface area (Å²) in [5.74, 6) is -0.986. The van der Waals surface area contributed by atoms with E-state index < -0.39 is 15.3 Å². The van der Waals surface area contributed by atoms with Gasteiger partial charge in [0.05, 0.1) is 12.0 Å². The van der Waals surface area contributed by atoms with E-state index in [1.807, 2.05) is 48.5 Å². The molecular formula is C17H12ClNO3S. The van der Waals surface area contributed by atoms with Crippen molar-refractivity contribution in [2.24, 2.45) is 5.92 Å². The zero-order valence-corrected chi connectivity index (χ0v) is 13.5. The molecule has 1 amide bonds. The van der Waals surface area contributed by atoms with E-state index in [1.165, 1.54) is 0 Å². The SMILES string of the molecule is O=C1[C@H]2[C@@H]3c4ccccc4[C@H]2[C@H](c2ccccc23)N1S(=O)(=O)Cl. The van der Waals surface area contributed by atoms with Gasteiger partial charge in [-0.2, -0.15) is 8.42 Å². The normalized spacial score (nSPS) is 30.3. The number of benzene rings is 2. The maximum absolute atomic E-state index is 12.9. The van der Waals surface area contributed by atoms with Crippen LogP contribution in [0, 0.1) is 5.92 Å². The summed E-state index contributed by atoms with van der Waals surface area (Å²) in [7, 11) is 1.49. The van der Waals surface area contributed by atoms with Crippen molar-refractivity contribution in [2.45, 2.75) is 17.9 Å². The third-order valence-electron chi connectivity index (χ3n) is 5.42. The van der Waals surface area contributed by atoms with Gasteiger partial charge in [-0.3, -0.25) is 4.79 Å². The van der Waals surface area contributed by atoms with Gasteiger partial charge in [-0.15, -0.1) is 0 Å². The highest BCUT2D eigenvalue weighted by Gasteiger charge is 2.63. The second-order valence-corrected chi connectivity index (χ2v) is 8.70. The molecule has 23 heavy (non-hydrogen) atoms. The number of halogens is 1. The summed E-state index contributed by atoms with van der Waals surface area (Å²) in [6.45, 7) is 0. The van der Waals surface area contributed by atoms with Crippen LogP contribution >= 0.6 is 10.7 Å². The molecule has 0 saturated carbocycles. The summed E-state index contributed by atoms with van der Waals surface area (Å²) < 4.78 is 25.0. The van der Waals surface area contributed by atoms with Crippen molar-refractivity contribution < 1.29 is 13.2 Å². The largest absolute Gasteiger partial charge is 0.324 e. The number of rotatable bonds is 1. The van der Waals surface area contributed by atoms with E-state index in [-0.39, 0.29) is 23.7 Å². The number of carbonyl (C=O) groups excluding carboxylic acids is 1. The Morgan fingerprint density at radius 2 is 1.35 bits per heavy atom. The van der Waals surface area contributed by atoms with Crippen molar-refractivity contribution in [1.82, 2.24) is 4.31 Å². The van der Waals surface area contributed by atoms with Gasteiger partial charge >= 0.3 is 9.24 Å². The number of carbonyl (C=O) groups is 1. The van der Waals surface area contributed by atoms with Crippen LogP contribution in [0.1, 0.15) is 40.1 Å². The molecule has 0 radical (unpaired) electrons. The smallest absolute Gasteiger partial charge is 0.273 e. The monoisotopic (exact) mass is 345 g/mol. The molecule has 4 bridgehead atoms. The molecule has 0 N–H and O–H groups in total. The van der Waals surface area contributed by atoms with Crippen molar-refractivity contribution in [1.29, 1.82) is 0 Å². The van der Waals surface area contributed by atoms with Crippen LogP contribution in [0.25, 0.3) is 0 Å². The number of nitrogens with zero attached hydrogens (tertiary/aromatic N) is 1. The van der Waals surface area contributed by atoms with Crippen molar-refractivity contribution in [3.63, 3.8) is 0 Å². The zero-order chi connectivity index (χ0) is 15.9. The molecule has 3 aliphatic rings. The summed E-state index contributed by atoms with van der Waals surface area (Å²) in [6, 6.07) is 15.1. The molecule has 2 aromatic rings. The summed E-state index contributed by atoms with van der Waals surface area (Å²) in [4.78, 5) is 12.9. The minimum atomic E-state index is -4.12. The number of fused-ring (bicyclic) bond motifs is 5. The van der Waals surface area contributed by atoms with Crippen molar-refractivity contribution >= 4 is 25.8 Å². The number of hydrogen-bond donors (Lipinski definition) is 0. The summed E-state index contributed by atoms with van der Waals surface area (Å²) in [5.41, 5.74) is 4.14. The van der Waals surface area contributed by atoms with E-state index >= 15 is 0 Å². The Hall–Kier alpha value is -1.85. The van der Waals surface area contributed by atoms with Crippen molar-refractivity contribution in [2.75, 3.05) is 0 Å². The van der Waals surface area contributed by atoms with Gasteiger partial charge in [-0.05, 0) is 22.3 Å². The highest BCUT2D eigenvalue weighted by atomic mass is 35.7. The topological polar surface area (TPSA) is 54.5 Å². The first-order chi connectivity index (χ1) is 11.0. The fourth-order valence-corrected chi connectivity index (χ4v) is 6.09. The van der Waals surface area contributed by atoms with Gasteiger partial charge in [0.1, 0.15) is 0 Å². The van der Waals surface area contributed by atoms with Gasteiger partial charge in [0, 0.05) is 22.5 Å². The third-order valence-corrected chi connectivity index (χ3v) is 6.74. The van der Waals surface area contributed by atoms with Crippen LogP contribution in [0.3, 0.4) is 0 Å². The van der Waals surface area contributed by atoms with Crippen LogP contribution in [-0.4, -0.2) is 18.6 Å². The van der Waals surface area contributed by atoms with Crippen LogP contribution < -0.4 is 0 Å². The maximum Gasteiger partial charge on any atom is 0.324 e. The fraction of sp³-hybridized carbons (Fsp3) is 0.235. The first kappa shape index (κ1) is 13.6. The zero-order valence-electron chi connectivity index (χ0n) is 11.9. The molecule has 0 aromatic heterocycles. The average molecular weight is 346 g/mol. The van der Waals surface area contributed by atoms with Gasteiger partial charge in [0.2, 0.25) is 5.91 Å². The minimum absolute atomic E-state index is 0.0837. The lowest BCUT2D eigenvalue weighted by Crippen LogP contribution is -2.32. The maximum atomic E-state index is 12.9. The molecule has 116 valence electrons. The Labute approximate surface area is 138 Å². The Morgan fingerprint density at radius 3 is 1.96 bits per heavy atom. The lowest BCUT2D eigenvalue weighted by atomic mass is 9.73. The summed E-state index contributed by atoms with van der Waals surface area (Å²) in [5, 5.41) is 0.